The number of nitrogens with zero attached hydrogens (tertiary/aromatic N) is 1. The number of rotatable bonds is 4. The van der Waals surface area contributed by atoms with Gasteiger partial charge in [-0.2, -0.15) is 13.2 Å². The molecule has 1 saturated heterocycles. The first-order valence-corrected chi connectivity index (χ1v) is 6.84. The van der Waals surface area contributed by atoms with Crippen molar-refractivity contribution in [1.29, 1.82) is 0 Å². The lowest BCUT2D eigenvalue weighted by Crippen LogP contribution is -2.38. The lowest BCUT2D eigenvalue weighted by atomic mass is 10.1. The zero-order valence-corrected chi connectivity index (χ0v) is 11.3. The van der Waals surface area contributed by atoms with Gasteiger partial charge in [-0.15, -0.1) is 0 Å². The molecule has 0 aromatic heterocycles. The molecule has 2 nitrogen and oxygen atoms in total. The fourth-order valence-electron chi connectivity index (χ4n) is 2.39. The highest BCUT2D eigenvalue weighted by Gasteiger charge is 2.30. The maximum absolute atomic E-state index is 12.4. The molecule has 20 heavy (non-hydrogen) atoms. The van der Waals surface area contributed by atoms with Gasteiger partial charge in [0.2, 0.25) is 0 Å². The fraction of sp³-hybridized carbons (Fsp3) is 0.533. The summed E-state index contributed by atoms with van der Waals surface area (Å²) in [6, 6.07) is 4.91. The molecular weight excluding hydrogens is 267 g/mol. The summed E-state index contributed by atoms with van der Waals surface area (Å²) >= 11 is 0. The summed E-state index contributed by atoms with van der Waals surface area (Å²) in [4.78, 5) is 2.33. The van der Waals surface area contributed by atoms with Gasteiger partial charge in [0, 0.05) is 13.1 Å². The molecule has 1 fully saturated rings. The van der Waals surface area contributed by atoms with Crippen molar-refractivity contribution in [3.63, 3.8) is 0 Å². The first kappa shape index (κ1) is 15.2. The van der Waals surface area contributed by atoms with Crippen LogP contribution in [-0.4, -0.2) is 30.6 Å². The molecule has 0 amide bonds. The second-order valence-corrected chi connectivity index (χ2v) is 5.03. The van der Waals surface area contributed by atoms with E-state index in [-0.39, 0.29) is 6.10 Å². The number of alkyl halides is 3. The Morgan fingerprint density at radius 1 is 1.15 bits per heavy atom. The molecule has 0 bridgehead atoms. The average Bonchev–Trinajstić information content (AvgIpc) is 2.41. The van der Waals surface area contributed by atoms with Gasteiger partial charge in [0.1, 0.15) is 11.9 Å². The zero-order chi connectivity index (χ0) is 14.6. The summed E-state index contributed by atoms with van der Waals surface area (Å²) in [6.45, 7) is 6.74. The van der Waals surface area contributed by atoms with Gasteiger partial charge in [0.25, 0.3) is 0 Å². The summed E-state index contributed by atoms with van der Waals surface area (Å²) in [6.07, 6.45) is -1.50. The van der Waals surface area contributed by atoms with Crippen LogP contribution in [-0.2, 0) is 6.18 Å². The zero-order valence-electron chi connectivity index (χ0n) is 11.3. The fourth-order valence-corrected chi connectivity index (χ4v) is 2.39. The second-order valence-electron chi connectivity index (χ2n) is 5.03. The van der Waals surface area contributed by atoms with Crippen LogP contribution in [0.4, 0.5) is 13.2 Å². The van der Waals surface area contributed by atoms with Crippen LogP contribution in [0.25, 0.3) is 0 Å². The van der Waals surface area contributed by atoms with Crippen LogP contribution >= 0.6 is 0 Å². The van der Waals surface area contributed by atoms with Crippen molar-refractivity contribution in [2.45, 2.75) is 31.5 Å². The SMILES string of the molecule is [CH2]CCN1CCC(Oc2ccc(C(F)(F)F)cc2)CC1. The molecule has 2 rings (SSSR count). The van der Waals surface area contributed by atoms with Gasteiger partial charge < -0.3 is 9.64 Å². The van der Waals surface area contributed by atoms with Gasteiger partial charge in [0.05, 0.1) is 5.56 Å². The maximum Gasteiger partial charge on any atom is 0.416 e. The van der Waals surface area contributed by atoms with Crippen molar-refractivity contribution in [3.8, 4) is 5.75 Å². The van der Waals surface area contributed by atoms with E-state index in [2.05, 4.69) is 11.8 Å². The van der Waals surface area contributed by atoms with Crippen molar-refractivity contribution in [2.75, 3.05) is 19.6 Å². The Labute approximate surface area is 117 Å². The molecular formula is C15H19F3NO. The molecule has 1 radical (unpaired) electrons. The van der Waals surface area contributed by atoms with Crippen LogP contribution in [0.1, 0.15) is 24.8 Å². The van der Waals surface area contributed by atoms with Crippen LogP contribution in [0.15, 0.2) is 24.3 Å². The van der Waals surface area contributed by atoms with Gasteiger partial charge in [-0.1, -0.05) is 6.92 Å². The van der Waals surface area contributed by atoms with Gasteiger partial charge >= 0.3 is 6.18 Å². The van der Waals surface area contributed by atoms with Crippen molar-refractivity contribution in [3.05, 3.63) is 36.8 Å². The summed E-state index contributed by atoms with van der Waals surface area (Å²) in [7, 11) is 0. The minimum absolute atomic E-state index is 0.0906. The monoisotopic (exact) mass is 286 g/mol. The topological polar surface area (TPSA) is 12.5 Å². The minimum atomic E-state index is -4.29. The molecule has 1 aromatic rings. The molecule has 1 aliphatic heterocycles. The quantitative estimate of drug-likeness (QED) is 0.835. The van der Waals surface area contributed by atoms with Crippen LogP contribution in [0.3, 0.4) is 0 Å². The van der Waals surface area contributed by atoms with Crippen molar-refractivity contribution in [2.24, 2.45) is 0 Å². The van der Waals surface area contributed by atoms with Crippen LogP contribution < -0.4 is 4.74 Å². The van der Waals surface area contributed by atoms with E-state index in [1.165, 1.54) is 12.1 Å². The highest BCUT2D eigenvalue weighted by Crippen LogP contribution is 2.30. The minimum Gasteiger partial charge on any atom is -0.490 e. The van der Waals surface area contributed by atoms with Gasteiger partial charge in [-0.05, 0) is 50.1 Å². The molecule has 0 unspecified atom stereocenters. The summed E-state index contributed by atoms with van der Waals surface area (Å²) in [5, 5.41) is 0. The summed E-state index contributed by atoms with van der Waals surface area (Å²) in [5.41, 5.74) is -0.643. The highest BCUT2D eigenvalue weighted by atomic mass is 19.4. The third-order valence-corrected chi connectivity index (χ3v) is 3.49. The molecule has 0 saturated carbocycles. The molecule has 0 N–H and O–H groups in total. The van der Waals surface area contributed by atoms with E-state index in [0.717, 1.165) is 51.0 Å². The predicted octanol–water partition coefficient (Wildman–Crippen LogP) is 3.77. The Morgan fingerprint density at radius 2 is 1.75 bits per heavy atom. The van der Waals surface area contributed by atoms with E-state index < -0.39 is 11.7 Å². The van der Waals surface area contributed by atoms with Crippen LogP contribution in [0, 0.1) is 6.92 Å². The lowest BCUT2D eigenvalue weighted by Gasteiger charge is -2.31. The predicted molar refractivity (Wildman–Crippen MR) is 71.5 cm³/mol. The van der Waals surface area contributed by atoms with Crippen molar-refractivity contribution >= 4 is 0 Å². The normalized spacial score (nSPS) is 18.2. The first-order chi connectivity index (χ1) is 9.49. The summed E-state index contributed by atoms with van der Waals surface area (Å²) < 4.78 is 43.1. The van der Waals surface area contributed by atoms with Crippen molar-refractivity contribution in [1.82, 2.24) is 4.90 Å². The Kier molecular flexibility index (Phi) is 4.91. The standard InChI is InChI=1S/C15H19F3NO/c1-2-9-19-10-7-14(8-11-19)20-13-5-3-12(4-6-13)15(16,17)18/h3-6,14H,1-2,7-11H2. The molecule has 0 atom stereocenters. The molecule has 1 aromatic carbocycles. The van der Waals surface area contributed by atoms with E-state index >= 15 is 0 Å². The largest absolute Gasteiger partial charge is 0.490 e. The van der Waals surface area contributed by atoms with Gasteiger partial charge in [0.15, 0.2) is 0 Å². The molecule has 0 aliphatic carbocycles. The molecule has 0 spiro atoms. The number of benzene rings is 1. The van der Waals surface area contributed by atoms with Crippen molar-refractivity contribution < 1.29 is 17.9 Å². The third-order valence-electron chi connectivity index (χ3n) is 3.49. The Morgan fingerprint density at radius 3 is 2.25 bits per heavy atom. The maximum atomic E-state index is 12.4. The second kappa shape index (κ2) is 6.48. The Hall–Kier alpha value is -1.23. The van der Waals surface area contributed by atoms with E-state index in [1.54, 1.807) is 0 Å². The van der Waals surface area contributed by atoms with Gasteiger partial charge in [-0.25, -0.2) is 0 Å². The number of likely N-dealkylation sites (tertiary alicyclic amines) is 1. The van der Waals surface area contributed by atoms with Crippen LogP contribution in [0.5, 0.6) is 5.75 Å². The third kappa shape index (κ3) is 4.13. The lowest BCUT2D eigenvalue weighted by molar-refractivity contribution is -0.137. The average molecular weight is 286 g/mol. The molecule has 1 heterocycles. The molecule has 111 valence electrons. The smallest absolute Gasteiger partial charge is 0.416 e. The van der Waals surface area contributed by atoms with E-state index in [0.29, 0.717) is 5.75 Å². The number of halogens is 3. The number of hydrogen-bond donors (Lipinski definition) is 0. The van der Waals surface area contributed by atoms with E-state index in [1.807, 2.05) is 0 Å². The number of hydrogen-bond acceptors (Lipinski definition) is 2. The molecule has 5 heteroatoms. The molecule has 1 aliphatic rings. The Balaban J connectivity index is 1.85. The summed E-state index contributed by atoms with van der Waals surface area (Å²) in [5.74, 6) is 0.508. The highest BCUT2D eigenvalue weighted by molar-refractivity contribution is 5.29. The van der Waals surface area contributed by atoms with Crippen LogP contribution in [0.2, 0.25) is 0 Å². The van der Waals surface area contributed by atoms with Gasteiger partial charge in [-0.3, -0.25) is 0 Å². The number of ether oxygens (including phenoxy) is 1. The van der Waals surface area contributed by atoms with E-state index in [9.17, 15) is 13.2 Å². The Bertz CT molecular complexity index is 408. The van der Waals surface area contributed by atoms with E-state index in [4.69, 9.17) is 4.74 Å². The first-order valence-electron chi connectivity index (χ1n) is 6.84. The number of piperidine rings is 1.